The Morgan fingerprint density at radius 3 is 2.52 bits per heavy atom. The lowest BCUT2D eigenvalue weighted by atomic mass is 10.0. The van der Waals surface area contributed by atoms with Gasteiger partial charge in [0.05, 0.1) is 12.2 Å². The van der Waals surface area contributed by atoms with Gasteiger partial charge in [-0.15, -0.1) is 0 Å². The van der Waals surface area contributed by atoms with Crippen molar-refractivity contribution in [3.63, 3.8) is 0 Å². The smallest absolute Gasteiger partial charge is 0.410 e. The first-order chi connectivity index (χ1) is 13.7. The molecule has 156 valence electrons. The van der Waals surface area contributed by atoms with Crippen molar-refractivity contribution in [1.82, 2.24) is 19.6 Å². The minimum absolute atomic E-state index is 0.0707. The van der Waals surface area contributed by atoms with Crippen LogP contribution in [0.1, 0.15) is 55.0 Å². The van der Waals surface area contributed by atoms with Crippen molar-refractivity contribution in [3.05, 3.63) is 52.8 Å². The summed E-state index contributed by atoms with van der Waals surface area (Å²) in [5, 5.41) is 4.55. The maximum absolute atomic E-state index is 13.4. The first-order valence-corrected chi connectivity index (χ1v) is 10.1. The van der Waals surface area contributed by atoms with E-state index in [9.17, 15) is 9.59 Å². The molecule has 0 unspecified atom stereocenters. The van der Waals surface area contributed by atoms with Crippen LogP contribution in [0.4, 0.5) is 4.79 Å². The highest BCUT2D eigenvalue weighted by Gasteiger charge is 2.32. The molecule has 1 aromatic carbocycles. The minimum atomic E-state index is -0.556. The number of aryl methyl sites for hydroxylation is 1. The maximum atomic E-state index is 13.4. The zero-order valence-electron chi connectivity index (χ0n) is 17.9. The number of amides is 2. The molecule has 0 saturated carbocycles. The number of carbonyl (C=O) groups is 2. The Hall–Kier alpha value is -2.83. The van der Waals surface area contributed by atoms with Crippen molar-refractivity contribution in [2.75, 3.05) is 13.1 Å². The summed E-state index contributed by atoms with van der Waals surface area (Å²) in [7, 11) is 1.79. The molecule has 0 bridgehead atoms. The van der Waals surface area contributed by atoms with Crippen LogP contribution in [0.3, 0.4) is 0 Å². The van der Waals surface area contributed by atoms with Crippen LogP contribution >= 0.6 is 0 Å². The molecule has 1 aliphatic rings. The number of aromatic nitrogens is 2. The molecule has 1 aliphatic heterocycles. The van der Waals surface area contributed by atoms with E-state index in [-0.39, 0.29) is 12.0 Å². The van der Waals surface area contributed by atoms with Gasteiger partial charge in [-0.3, -0.25) is 9.48 Å². The molecule has 0 fully saturated rings. The number of hydrogen-bond acceptors (Lipinski definition) is 4. The largest absolute Gasteiger partial charge is 0.444 e. The van der Waals surface area contributed by atoms with Crippen LogP contribution in [0.15, 0.2) is 30.3 Å². The van der Waals surface area contributed by atoms with Gasteiger partial charge in [-0.1, -0.05) is 30.3 Å². The summed E-state index contributed by atoms with van der Waals surface area (Å²) in [4.78, 5) is 29.4. The molecule has 7 nitrogen and oxygen atoms in total. The Labute approximate surface area is 172 Å². The summed E-state index contributed by atoms with van der Waals surface area (Å²) < 4.78 is 7.16. The molecule has 0 spiro atoms. The van der Waals surface area contributed by atoms with Gasteiger partial charge >= 0.3 is 6.09 Å². The number of benzene rings is 1. The van der Waals surface area contributed by atoms with Crippen molar-refractivity contribution >= 4 is 12.0 Å². The van der Waals surface area contributed by atoms with E-state index >= 15 is 0 Å². The van der Waals surface area contributed by atoms with E-state index in [4.69, 9.17) is 4.74 Å². The van der Waals surface area contributed by atoms with Crippen molar-refractivity contribution in [2.24, 2.45) is 7.05 Å². The number of hydrogen-bond donors (Lipinski definition) is 0. The van der Waals surface area contributed by atoms with Gasteiger partial charge in [0.2, 0.25) is 0 Å². The third kappa shape index (κ3) is 4.78. The predicted octanol–water partition coefficient (Wildman–Crippen LogP) is 3.38. The highest BCUT2D eigenvalue weighted by atomic mass is 16.6. The van der Waals surface area contributed by atoms with Gasteiger partial charge in [0.25, 0.3) is 5.91 Å². The predicted molar refractivity (Wildman–Crippen MR) is 110 cm³/mol. The summed E-state index contributed by atoms with van der Waals surface area (Å²) in [5.74, 6) is -0.0707. The molecule has 2 aromatic rings. The third-order valence-electron chi connectivity index (χ3n) is 4.94. The fraction of sp³-hybridized carbons (Fsp3) is 0.500. The van der Waals surface area contributed by atoms with Crippen molar-refractivity contribution in [3.8, 4) is 0 Å². The zero-order valence-corrected chi connectivity index (χ0v) is 17.9. The van der Waals surface area contributed by atoms with E-state index in [2.05, 4.69) is 5.10 Å². The van der Waals surface area contributed by atoms with Gasteiger partial charge in [0.1, 0.15) is 11.3 Å². The Morgan fingerprint density at radius 1 is 1.21 bits per heavy atom. The van der Waals surface area contributed by atoms with Crippen LogP contribution in [0.2, 0.25) is 0 Å². The molecular weight excluding hydrogens is 368 g/mol. The minimum Gasteiger partial charge on any atom is -0.444 e. The van der Waals surface area contributed by atoms with E-state index in [1.165, 1.54) is 0 Å². The quantitative estimate of drug-likeness (QED) is 0.792. The SMILES string of the molecule is CCN(Cc1ccccc1)C(=O)c1c2c(nn1C)CCN(C(=O)OC(C)(C)C)C2. The Morgan fingerprint density at radius 2 is 1.90 bits per heavy atom. The summed E-state index contributed by atoms with van der Waals surface area (Å²) in [5.41, 5.74) is 2.77. The molecule has 2 amide bonds. The van der Waals surface area contributed by atoms with Crippen molar-refractivity contribution in [2.45, 2.75) is 52.8 Å². The fourth-order valence-electron chi connectivity index (χ4n) is 3.53. The molecule has 0 saturated heterocycles. The molecule has 0 atom stereocenters. The van der Waals surface area contributed by atoms with Crippen molar-refractivity contribution < 1.29 is 14.3 Å². The average molecular weight is 399 g/mol. The lowest BCUT2D eigenvalue weighted by Gasteiger charge is -2.30. The third-order valence-corrected chi connectivity index (χ3v) is 4.94. The van der Waals surface area contributed by atoms with E-state index in [1.54, 1.807) is 21.5 Å². The second-order valence-corrected chi connectivity index (χ2v) is 8.35. The van der Waals surface area contributed by atoms with E-state index < -0.39 is 5.60 Å². The van der Waals surface area contributed by atoms with Crippen LogP contribution in [0.5, 0.6) is 0 Å². The lowest BCUT2D eigenvalue weighted by Crippen LogP contribution is -2.40. The van der Waals surface area contributed by atoms with Gasteiger partial charge in [-0.25, -0.2) is 4.79 Å². The molecule has 7 heteroatoms. The normalized spacial score (nSPS) is 13.8. The molecule has 1 aromatic heterocycles. The number of rotatable bonds is 4. The van der Waals surface area contributed by atoms with Gasteiger partial charge in [0, 0.05) is 38.7 Å². The van der Waals surface area contributed by atoms with Crippen LogP contribution in [-0.4, -0.2) is 50.3 Å². The monoisotopic (exact) mass is 398 g/mol. The van der Waals surface area contributed by atoms with E-state index in [0.717, 1.165) is 16.8 Å². The Kier molecular flexibility index (Phi) is 5.96. The average Bonchev–Trinajstić information content (AvgIpc) is 2.99. The second kappa shape index (κ2) is 8.27. The topological polar surface area (TPSA) is 67.7 Å². The highest BCUT2D eigenvalue weighted by Crippen LogP contribution is 2.25. The summed E-state index contributed by atoms with van der Waals surface area (Å²) >= 11 is 0. The molecular formula is C22H30N4O3. The molecule has 0 radical (unpaired) electrons. The van der Waals surface area contributed by atoms with Gasteiger partial charge in [-0.2, -0.15) is 5.10 Å². The van der Waals surface area contributed by atoms with Gasteiger partial charge in [-0.05, 0) is 33.3 Å². The molecule has 3 rings (SSSR count). The summed E-state index contributed by atoms with van der Waals surface area (Å²) in [6.07, 6.45) is 0.252. The molecule has 2 heterocycles. The Bertz CT molecular complexity index is 883. The van der Waals surface area contributed by atoms with Crippen LogP contribution in [0.25, 0.3) is 0 Å². The second-order valence-electron chi connectivity index (χ2n) is 8.35. The maximum Gasteiger partial charge on any atom is 0.410 e. The number of nitrogens with zero attached hydrogens (tertiary/aromatic N) is 4. The highest BCUT2D eigenvalue weighted by molar-refractivity contribution is 5.94. The fourth-order valence-corrected chi connectivity index (χ4v) is 3.53. The standard InChI is InChI=1S/C22H30N4O3/c1-6-25(14-16-10-8-7-9-11-16)20(27)19-17-15-26(21(28)29-22(2,3)4)13-12-18(17)23-24(19)5/h7-11H,6,12-15H2,1-5H3. The van der Waals surface area contributed by atoms with Crippen LogP contribution in [0, 0.1) is 0 Å². The van der Waals surface area contributed by atoms with Gasteiger partial charge < -0.3 is 14.5 Å². The van der Waals surface area contributed by atoms with Gasteiger partial charge in [0.15, 0.2) is 0 Å². The van der Waals surface area contributed by atoms with Crippen LogP contribution in [-0.2, 0) is 31.3 Å². The van der Waals surface area contributed by atoms with Crippen molar-refractivity contribution in [1.29, 1.82) is 0 Å². The molecule has 29 heavy (non-hydrogen) atoms. The zero-order chi connectivity index (χ0) is 21.2. The lowest BCUT2D eigenvalue weighted by molar-refractivity contribution is 0.0222. The van der Waals surface area contributed by atoms with E-state index in [1.807, 2.05) is 58.0 Å². The Balaban J connectivity index is 1.83. The summed E-state index contributed by atoms with van der Waals surface area (Å²) in [6.45, 7) is 9.51. The number of carbonyl (C=O) groups excluding carboxylic acids is 2. The molecule has 0 N–H and O–H groups in total. The number of ether oxygens (including phenoxy) is 1. The molecule has 0 aliphatic carbocycles. The first kappa shape index (κ1) is 20.9. The van der Waals surface area contributed by atoms with E-state index in [0.29, 0.717) is 38.3 Å². The first-order valence-electron chi connectivity index (χ1n) is 10.1. The number of fused-ring (bicyclic) bond motifs is 1. The van der Waals surface area contributed by atoms with Crippen LogP contribution < -0.4 is 0 Å². The summed E-state index contributed by atoms with van der Waals surface area (Å²) in [6, 6.07) is 9.93.